The van der Waals surface area contributed by atoms with Crippen molar-refractivity contribution >= 4 is 17.6 Å². The summed E-state index contributed by atoms with van der Waals surface area (Å²) in [6.45, 7) is 5.96. The van der Waals surface area contributed by atoms with Crippen molar-refractivity contribution in [3.8, 4) is 0 Å². The molecule has 3 amide bonds. The summed E-state index contributed by atoms with van der Waals surface area (Å²) in [6, 6.07) is 0.0206. The largest absolute Gasteiger partial charge is 0.361 e. The minimum Gasteiger partial charge on any atom is -0.361 e. The van der Waals surface area contributed by atoms with Crippen LogP contribution in [0.2, 0.25) is 0 Å². The molecule has 0 bridgehead atoms. The molecule has 0 spiro atoms. The third-order valence-electron chi connectivity index (χ3n) is 4.53. The van der Waals surface area contributed by atoms with E-state index in [0.29, 0.717) is 43.2 Å². The number of carbonyl (C=O) groups excluding carboxylic acids is 2. The van der Waals surface area contributed by atoms with Gasteiger partial charge in [-0.05, 0) is 13.8 Å². The zero-order valence-electron chi connectivity index (χ0n) is 13.5. The normalized spacial score (nSPS) is 18.0. The molecule has 2 saturated heterocycles. The van der Waals surface area contributed by atoms with Gasteiger partial charge in [-0.3, -0.25) is 14.4 Å². The van der Waals surface area contributed by atoms with E-state index in [1.165, 1.54) is 0 Å². The van der Waals surface area contributed by atoms with Gasteiger partial charge in [0.2, 0.25) is 0 Å². The molecule has 0 atom stereocenters. The zero-order chi connectivity index (χ0) is 16.8. The molecule has 0 radical (unpaired) electrons. The Labute approximate surface area is 138 Å². The topological polar surface area (TPSA) is 96.5 Å². The van der Waals surface area contributed by atoms with Crippen LogP contribution in [0.15, 0.2) is 16.9 Å². The van der Waals surface area contributed by atoms with Crippen LogP contribution in [0.4, 0.5) is 10.5 Å². The van der Waals surface area contributed by atoms with Gasteiger partial charge in [0.25, 0.3) is 5.91 Å². The van der Waals surface area contributed by atoms with Crippen LogP contribution >= 0.6 is 0 Å². The van der Waals surface area contributed by atoms with E-state index in [1.54, 1.807) is 29.8 Å². The van der Waals surface area contributed by atoms with Crippen LogP contribution in [0.1, 0.15) is 27.9 Å². The maximum Gasteiger partial charge on any atom is 0.322 e. The molecule has 4 rings (SSSR count). The summed E-state index contributed by atoms with van der Waals surface area (Å²) in [7, 11) is 0. The van der Waals surface area contributed by atoms with Crippen LogP contribution in [0.5, 0.6) is 0 Å². The molecule has 4 heterocycles. The molecule has 2 aliphatic heterocycles. The van der Waals surface area contributed by atoms with Crippen LogP contribution in [0.25, 0.3) is 0 Å². The second-order valence-electron chi connectivity index (χ2n) is 6.13. The Kier molecular flexibility index (Phi) is 3.29. The predicted octanol–water partition coefficient (Wildman–Crippen LogP) is 0.715. The first-order valence-electron chi connectivity index (χ1n) is 7.86. The van der Waals surface area contributed by atoms with Crippen LogP contribution in [-0.4, -0.2) is 58.0 Å². The van der Waals surface area contributed by atoms with Gasteiger partial charge in [0.15, 0.2) is 0 Å². The molecule has 2 aromatic rings. The van der Waals surface area contributed by atoms with Gasteiger partial charge < -0.3 is 14.7 Å². The first kappa shape index (κ1) is 14.7. The van der Waals surface area contributed by atoms with E-state index in [9.17, 15) is 9.59 Å². The van der Waals surface area contributed by atoms with E-state index in [4.69, 9.17) is 4.52 Å². The Hall–Kier alpha value is -2.84. The second kappa shape index (κ2) is 5.36. The molecule has 24 heavy (non-hydrogen) atoms. The number of nitrogens with one attached hydrogen (secondary N) is 1. The molecule has 0 aromatic carbocycles. The lowest BCUT2D eigenvalue weighted by Crippen LogP contribution is -2.51. The highest BCUT2D eigenvalue weighted by molar-refractivity contribution is 5.96. The Bertz CT molecular complexity index is 784. The molecular weight excluding hydrogens is 312 g/mol. The van der Waals surface area contributed by atoms with Gasteiger partial charge in [0.1, 0.15) is 11.3 Å². The number of anilines is 1. The Morgan fingerprint density at radius 3 is 2.79 bits per heavy atom. The molecule has 0 aliphatic carbocycles. The van der Waals surface area contributed by atoms with Crippen LogP contribution < -0.4 is 10.2 Å². The van der Waals surface area contributed by atoms with Gasteiger partial charge in [-0.2, -0.15) is 5.10 Å². The monoisotopic (exact) mass is 330 g/mol. The average molecular weight is 330 g/mol. The van der Waals surface area contributed by atoms with Gasteiger partial charge >= 0.3 is 6.03 Å². The number of likely N-dealkylation sites (tertiary alicyclic amines) is 1. The lowest BCUT2D eigenvalue weighted by Gasteiger charge is -2.39. The molecule has 126 valence electrons. The van der Waals surface area contributed by atoms with Gasteiger partial charge in [-0.25, -0.2) is 4.79 Å². The minimum atomic E-state index is -0.0987. The zero-order valence-corrected chi connectivity index (χ0v) is 13.5. The maximum absolute atomic E-state index is 12.5. The number of aromatic nitrogens is 3. The lowest BCUT2D eigenvalue weighted by molar-refractivity contribution is 0.0499. The highest BCUT2D eigenvalue weighted by atomic mass is 16.5. The Balaban J connectivity index is 1.42. The predicted molar refractivity (Wildman–Crippen MR) is 83.9 cm³/mol. The highest BCUT2D eigenvalue weighted by Gasteiger charge is 2.35. The van der Waals surface area contributed by atoms with E-state index >= 15 is 0 Å². The van der Waals surface area contributed by atoms with Crippen molar-refractivity contribution in [2.45, 2.75) is 19.9 Å². The summed E-state index contributed by atoms with van der Waals surface area (Å²) >= 11 is 0. The van der Waals surface area contributed by atoms with Gasteiger partial charge in [-0.15, -0.1) is 0 Å². The number of nitrogens with zero attached hydrogens (tertiary/aromatic N) is 5. The molecule has 9 heteroatoms. The molecule has 0 saturated carbocycles. The number of urea groups is 1. The summed E-state index contributed by atoms with van der Waals surface area (Å²) in [5, 5.41) is 10.9. The van der Waals surface area contributed by atoms with Crippen molar-refractivity contribution in [1.82, 2.24) is 25.2 Å². The summed E-state index contributed by atoms with van der Waals surface area (Å²) in [5.41, 5.74) is 1.94. The van der Waals surface area contributed by atoms with Gasteiger partial charge in [0.05, 0.1) is 23.6 Å². The number of hydrogen-bond donors (Lipinski definition) is 1. The molecule has 2 aromatic heterocycles. The van der Waals surface area contributed by atoms with Crippen LogP contribution in [0.3, 0.4) is 0 Å². The Morgan fingerprint density at radius 2 is 2.17 bits per heavy atom. The molecule has 2 aliphatic rings. The molecular formula is C15H18N6O3. The molecule has 1 N–H and O–H groups in total. The second-order valence-corrected chi connectivity index (χ2v) is 6.13. The third kappa shape index (κ3) is 2.24. The van der Waals surface area contributed by atoms with Crippen molar-refractivity contribution in [3.05, 3.63) is 29.4 Å². The standard InChI is InChI=1S/C15H18N6O3/c1-9-13(10(2)24-18-9)14(22)19-6-12(7-19)21-8-11(5-17-21)20-4-3-16-15(20)23/h5,8,12H,3-4,6-7H2,1-2H3,(H,16,23). The van der Waals surface area contributed by atoms with Crippen molar-refractivity contribution in [3.63, 3.8) is 0 Å². The molecule has 9 nitrogen and oxygen atoms in total. The lowest BCUT2D eigenvalue weighted by atomic mass is 10.1. The molecule has 0 unspecified atom stereocenters. The van der Waals surface area contributed by atoms with E-state index in [1.807, 2.05) is 10.9 Å². The van der Waals surface area contributed by atoms with Crippen molar-refractivity contribution in [1.29, 1.82) is 0 Å². The van der Waals surface area contributed by atoms with Crippen molar-refractivity contribution < 1.29 is 14.1 Å². The number of hydrogen-bond acceptors (Lipinski definition) is 5. The van der Waals surface area contributed by atoms with Crippen molar-refractivity contribution in [2.24, 2.45) is 0 Å². The minimum absolute atomic E-state index is 0.0613. The SMILES string of the molecule is Cc1noc(C)c1C(=O)N1CC(n2cc(N3CCNC3=O)cn2)C1. The third-order valence-corrected chi connectivity index (χ3v) is 4.53. The fraction of sp³-hybridized carbons (Fsp3) is 0.467. The van der Waals surface area contributed by atoms with Gasteiger partial charge in [-0.1, -0.05) is 5.16 Å². The number of aryl methyl sites for hydroxylation is 2. The van der Waals surface area contributed by atoms with E-state index < -0.39 is 0 Å². The number of carbonyl (C=O) groups is 2. The van der Waals surface area contributed by atoms with Crippen LogP contribution in [0, 0.1) is 13.8 Å². The smallest absolute Gasteiger partial charge is 0.322 e. The van der Waals surface area contributed by atoms with Gasteiger partial charge in [0, 0.05) is 32.4 Å². The summed E-state index contributed by atoms with van der Waals surface area (Å²) in [4.78, 5) is 27.6. The van der Waals surface area contributed by atoms with Crippen molar-refractivity contribution in [2.75, 3.05) is 31.1 Å². The summed E-state index contributed by atoms with van der Waals surface area (Å²) in [5.74, 6) is 0.483. The molecule has 2 fully saturated rings. The van der Waals surface area contributed by atoms with E-state index in [2.05, 4.69) is 15.6 Å². The Morgan fingerprint density at radius 1 is 1.38 bits per heavy atom. The van der Waals surface area contributed by atoms with Crippen LogP contribution in [-0.2, 0) is 0 Å². The fourth-order valence-corrected chi connectivity index (χ4v) is 3.12. The quantitative estimate of drug-likeness (QED) is 0.894. The first-order valence-corrected chi connectivity index (χ1v) is 7.86. The number of rotatable bonds is 3. The average Bonchev–Trinajstić information content (AvgIpc) is 3.19. The fourth-order valence-electron chi connectivity index (χ4n) is 3.12. The van der Waals surface area contributed by atoms with E-state index in [0.717, 1.165) is 5.69 Å². The van der Waals surface area contributed by atoms with E-state index in [-0.39, 0.29) is 18.0 Å². The number of amides is 3. The summed E-state index contributed by atoms with van der Waals surface area (Å²) < 4.78 is 6.88. The first-order chi connectivity index (χ1) is 11.5. The summed E-state index contributed by atoms with van der Waals surface area (Å²) in [6.07, 6.45) is 3.54. The highest BCUT2D eigenvalue weighted by Crippen LogP contribution is 2.26. The maximum atomic E-state index is 12.5.